The molecule has 0 aliphatic heterocycles. The topological polar surface area (TPSA) is 66.0 Å². The summed E-state index contributed by atoms with van der Waals surface area (Å²) < 4.78 is 7.31. The molecular formula is C11H20N4OS. The van der Waals surface area contributed by atoms with Crippen LogP contribution in [0.15, 0.2) is 5.16 Å². The molecule has 6 heteroatoms. The van der Waals surface area contributed by atoms with E-state index in [1.165, 1.54) is 12.8 Å². The maximum absolute atomic E-state index is 5.69. The molecule has 1 aromatic heterocycles. The van der Waals surface area contributed by atoms with Crippen LogP contribution in [0.2, 0.25) is 0 Å². The van der Waals surface area contributed by atoms with Crippen molar-refractivity contribution in [2.75, 3.05) is 13.7 Å². The van der Waals surface area contributed by atoms with E-state index in [1.54, 1.807) is 18.9 Å². The van der Waals surface area contributed by atoms with Crippen LogP contribution < -0.4 is 5.73 Å². The summed E-state index contributed by atoms with van der Waals surface area (Å²) in [7, 11) is 1.73. The van der Waals surface area contributed by atoms with Gasteiger partial charge in [-0.3, -0.25) is 0 Å². The van der Waals surface area contributed by atoms with Crippen LogP contribution in [0.25, 0.3) is 0 Å². The van der Waals surface area contributed by atoms with Gasteiger partial charge in [0.15, 0.2) is 5.16 Å². The Hall–Kier alpha value is -0.590. The molecule has 1 saturated carbocycles. The van der Waals surface area contributed by atoms with E-state index in [0.29, 0.717) is 17.8 Å². The van der Waals surface area contributed by atoms with Gasteiger partial charge in [0.25, 0.3) is 0 Å². The van der Waals surface area contributed by atoms with Crippen molar-refractivity contribution >= 4 is 11.8 Å². The second kappa shape index (κ2) is 5.84. The zero-order valence-corrected chi connectivity index (χ0v) is 11.2. The molecule has 0 radical (unpaired) electrons. The Morgan fingerprint density at radius 2 is 2.29 bits per heavy atom. The number of hydrogen-bond donors (Lipinski definition) is 1. The first-order valence-corrected chi connectivity index (χ1v) is 6.93. The normalized spacial score (nSPS) is 17.4. The average Bonchev–Trinajstić information content (AvgIpc) is 3.09. The van der Waals surface area contributed by atoms with Gasteiger partial charge in [0.2, 0.25) is 0 Å². The van der Waals surface area contributed by atoms with Gasteiger partial charge in [-0.05, 0) is 19.3 Å². The van der Waals surface area contributed by atoms with E-state index in [2.05, 4.69) is 21.7 Å². The van der Waals surface area contributed by atoms with Crippen LogP contribution in [-0.4, -0.2) is 33.7 Å². The number of hydrogen-bond acceptors (Lipinski definition) is 5. The molecule has 1 unspecified atom stereocenters. The number of nitrogens with zero attached hydrogens (tertiary/aromatic N) is 3. The molecule has 1 aromatic rings. The minimum absolute atomic E-state index is 0.469. The third-order valence-electron chi connectivity index (χ3n) is 2.86. The Morgan fingerprint density at radius 1 is 1.53 bits per heavy atom. The van der Waals surface area contributed by atoms with Crippen molar-refractivity contribution in [3.8, 4) is 0 Å². The standard InChI is InChI=1S/C11H20N4OS/c1-8(5-6-16-2)17-11-14-13-10(7-12)15(11)9-3-4-9/h8-9H,3-7,12H2,1-2H3. The van der Waals surface area contributed by atoms with Crippen LogP contribution in [0.1, 0.15) is 38.1 Å². The maximum Gasteiger partial charge on any atom is 0.191 e. The Morgan fingerprint density at radius 3 is 2.88 bits per heavy atom. The second-order valence-corrected chi connectivity index (χ2v) is 5.82. The minimum Gasteiger partial charge on any atom is -0.385 e. The predicted molar refractivity (Wildman–Crippen MR) is 68.0 cm³/mol. The van der Waals surface area contributed by atoms with E-state index in [0.717, 1.165) is 24.0 Å². The molecule has 1 aliphatic rings. The molecule has 1 atom stereocenters. The number of rotatable bonds is 7. The highest BCUT2D eigenvalue weighted by Crippen LogP contribution is 2.39. The fourth-order valence-corrected chi connectivity index (χ4v) is 2.78. The molecule has 17 heavy (non-hydrogen) atoms. The summed E-state index contributed by atoms with van der Waals surface area (Å²) in [4.78, 5) is 0. The predicted octanol–water partition coefficient (Wildman–Crippen LogP) is 1.59. The Labute approximate surface area is 106 Å². The van der Waals surface area contributed by atoms with Gasteiger partial charge in [-0.1, -0.05) is 18.7 Å². The Balaban J connectivity index is 2.02. The molecule has 2 N–H and O–H groups in total. The summed E-state index contributed by atoms with van der Waals surface area (Å²) in [6, 6.07) is 0.584. The molecule has 96 valence electrons. The van der Waals surface area contributed by atoms with Crippen LogP contribution in [0.3, 0.4) is 0 Å². The van der Waals surface area contributed by atoms with Crippen molar-refractivity contribution in [2.45, 2.75) is 49.2 Å². The van der Waals surface area contributed by atoms with Crippen LogP contribution in [0, 0.1) is 0 Å². The van der Waals surface area contributed by atoms with E-state index in [1.807, 2.05) is 0 Å². The fourth-order valence-electron chi connectivity index (χ4n) is 1.75. The molecule has 1 heterocycles. The molecule has 1 fully saturated rings. The first-order chi connectivity index (χ1) is 8.26. The lowest BCUT2D eigenvalue weighted by Crippen LogP contribution is -2.09. The molecular weight excluding hydrogens is 236 g/mol. The van der Waals surface area contributed by atoms with Crippen molar-refractivity contribution in [1.82, 2.24) is 14.8 Å². The van der Waals surface area contributed by atoms with E-state index >= 15 is 0 Å². The summed E-state index contributed by atoms with van der Waals surface area (Å²) in [6.07, 6.45) is 3.48. The summed E-state index contributed by atoms with van der Waals surface area (Å²) in [5.74, 6) is 0.911. The second-order valence-electron chi connectivity index (χ2n) is 4.41. The van der Waals surface area contributed by atoms with E-state index in [-0.39, 0.29) is 0 Å². The van der Waals surface area contributed by atoms with E-state index in [4.69, 9.17) is 10.5 Å². The Bertz CT molecular complexity index is 364. The molecule has 0 amide bonds. The van der Waals surface area contributed by atoms with Crippen molar-refractivity contribution in [3.05, 3.63) is 5.82 Å². The number of nitrogens with two attached hydrogens (primary N) is 1. The molecule has 0 bridgehead atoms. The van der Waals surface area contributed by atoms with Crippen molar-refractivity contribution in [2.24, 2.45) is 5.73 Å². The van der Waals surface area contributed by atoms with Crippen molar-refractivity contribution in [1.29, 1.82) is 0 Å². The summed E-state index contributed by atoms with van der Waals surface area (Å²) in [5, 5.41) is 9.92. The number of aromatic nitrogens is 3. The summed E-state index contributed by atoms with van der Waals surface area (Å²) in [5.41, 5.74) is 5.69. The number of thioether (sulfide) groups is 1. The average molecular weight is 256 g/mol. The summed E-state index contributed by atoms with van der Waals surface area (Å²) in [6.45, 7) is 3.45. The molecule has 0 saturated heterocycles. The SMILES string of the molecule is COCCC(C)Sc1nnc(CN)n1C1CC1. The summed E-state index contributed by atoms with van der Waals surface area (Å²) >= 11 is 1.77. The van der Waals surface area contributed by atoms with Crippen LogP contribution >= 0.6 is 11.8 Å². The highest BCUT2D eigenvalue weighted by molar-refractivity contribution is 7.99. The van der Waals surface area contributed by atoms with Gasteiger partial charge in [0.1, 0.15) is 5.82 Å². The third-order valence-corrected chi connectivity index (χ3v) is 3.99. The van der Waals surface area contributed by atoms with Gasteiger partial charge in [-0.25, -0.2) is 0 Å². The van der Waals surface area contributed by atoms with Crippen molar-refractivity contribution < 1.29 is 4.74 Å². The van der Waals surface area contributed by atoms with Gasteiger partial charge >= 0.3 is 0 Å². The lowest BCUT2D eigenvalue weighted by molar-refractivity contribution is 0.195. The molecule has 2 rings (SSSR count). The first kappa shape index (κ1) is 12.9. The molecule has 0 aromatic carbocycles. The highest BCUT2D eigenvalue weighted by Gasteiger charge is 2.29. The molecule has 1 aliphatic carbocycles. The fraction of sp³-hybridized carbons (Fsp3) is 0.818. The maximum atomic E-state index is 5.69. The third kappa shape index (κ3) is 3.20. The zero-order valence-electron chi connectivity index (χ0n) is 10.4. The van der Waals surface area contributed by atoms with Crippen LogP contribution in [0.4, 0.5) is 0 Å². The van der Waals surface area contributed by atoms with Gasteiger partial charge in [0, 0.05) is 25.0 Å². The number of methoxy groups -OCH3 is 1. The zero-order chi connectivity index (χ0) is 12.3. The molecule has 5 nitrogen and oxygen atoms in total. The van der Waals surface area contributed by atoms with Gasteiger partial charge in [0.05, 0.1) is 6.54 Å². The van der Waals surface area contributed by atoms with Gasteiger partial charge < -0.3 is 15.0 Å². The Kier molecular flexibility index (Phi) is 4.42. The molecule has 0 spiro atoms. The van der Waals surface area contributed by atoms with Crippen molar-refractivity contribution in [3.63, 3.8) is 0 Å². The smallest absolute Gasteiger partial charge is 0.191 e. The lowest BCUT2D eigenvalue weighted by Gasteiger charge is -2.11. The minimum atomic E-state index is 0.469. The van der Waals surface area contributed by atoms with Crippen LogP contribution in [0.5, 0.6) is 0 Å². The number of ether oxygens (including phenoxy) is 1. The van der Waals surface area contributed by atoms with E-state index < -0.39 is 0 Å². The monoisotopic (exact) mass is 256 g/mol. The van der Waals surface area contributed by atoms with Gasteiger partial charge in [-0.15, -0.1) is 10.2 Å². The van der Waals surface area contributed by atoms with Crippen LogP contribution in [-0.2, 0) is 11.3 Å². The van der Waals surface area contributed by atoms with Gasteiger partial charge in [-0.2, -0.15) is 0 Å². The largest absolute Gasteiger partial charge is 0.385 e. The highest BCUT2D eigenvalue weighted by atomic mass is 32.2. The van der Waals surface area contributed by atoms with E-state index in [9.17, 15) is 0 Å². The lowest BCUT2D eigenvalue weighted by atomic mass is 10.3. The first-order valence-electron chi connectivity index (χ1n) is 6.05. The quantitative estimate of drug-likeness (QED) is 0.750.